The van der Waals surface area contributed by atoms with Crippen LogP contribution in [0, 0.1) is 0 Å². The highest BCUT2D eigenvalue weighted by Gasteiger charge is 2.10. The summed E-state index contributed by atoms with van der Waals surface area (Å²) in [6.07, 6.45) is 0. The van der Waals surface area contributed by atoms with Crippen LogP contribution in [0.3, 0.4) is 0 Å². The molecule has 0 heterocycles. The van der Waals surface area contributed by atoms with Crippen LogP contribution in [0.4, 0.5) is 0 Å². The Kier molecular flexibility index (Phi) is 3.59. The van der Waals surface area contributed by atoms with Crippen LogP contribution in [0.1, 0.15) is 11.6 Å². The summed E-state index contributed by atoms with van der Waals surface area (Å²) >= 11 is 0. The van der Waals surface area contributed by atoms with Crippen molar-refractivity contribution in [3.8, 4) is 0 Å². The Hall–Kier alpha value is -0.950. The van der Waals surface area contributed by atoms with E-state index in [1.807, 2.05) is 6.07 Å². The van der Waals surface area contributed by atoms with E-state index in [1.54, 1.807) is 24.3 Å². The van der Waals surface area contributed by atoms with Gasteiger partial charge < -0.3 is 5.73 Å². The lowest BCUT2D eigenvalue weighted by Gasteiger charge is -2.09. The Morgan fingerprint density at radius 2 is 1.93 bits per heavy atom. The number of hydrogen-bond donors (Lipinski definition) is 2. The third-order valence-electron chi connectivity index (χ3n) is 1.62. The van der Waals surface area contributed by atoms with Gasteiger partial charge in [-0.3, -0.25) is 4.55 Å². The van der Waals surface area contributed by atoms with E-state index in [0.717, 1.165) is 5.56 Å². The Bertz CT molecular complexity index is 376. The maximum absolute atomic E-state index is 10.2. The van der Waals surface area contributed by atoms with Crippen molar-refractivity contribution in [2.45, 2.75) is 6.04 Å². The fourth-order valence-electron chi connectivity index (χ4n) is 0.956. The van der Waals surface area contributed by atoms with Crippen molar-refractivity contribution in [3.05, 3.63) is 35.9 Å². The van der Waals surface area contributed by atoms with Crippen LogP contribution in [0.5, 0.6) is 0 Å². The number of hydrogen-bond acceptors (Lipinski definition) is 4. The molecule has 0 saturated carbocycles. The molecule has 0 spiro atoms. The molecule has 14 heavy (non-hydrogen) atoms. The first kappa shape index (κ1) is 11.1. The second-order valence-electron chi connectivity index (χ2n) is 2.73. The summed E-state index contributed by atoms with van der Waals surface area (Å²) in [5, 5.41) is 0. The lowest BCUT2D eigenvalue weighted by molar-refractivity contribution is 0.251. The summed E-state index contributed by atoms with van der Waals surface area (Å²) in [4.78, 5) is 0. The average molecular weight is 217 g/mol. The molecule has 0 aromatic heterocycles. The molecule has 1 aromatic carbocycles. The Morgan fingerprint density at radius 1 is 1.36 bits per heavy atom. The first-order chi connectivity index (χ1) is 6.49. The van der Waals surface area contributed by atoms with Crippen molar-refractivity contribution in [1.82, 2.24) is 0 Å². The first-order valence-electron chi connectivity index (χ1n) is 3.91. The van der Waals surface area contributed by atoms with E-state index in [0.29, 0.717) is 0 Å². The molecule has 6 heteroatoms. The SMILES string of the molecule is N[C@@H](COS(=O)(=O)O)c1ccccc1. The molecule has 0 fully saturated rings. The zero-order chi connectivity index (χ0) is 10.6. The minimum absolute atomic E-state index is 0.275. The fraction of sp³-hybridized carbons (Fsp3) is 0.250. The fourth-order valence-corrected chi connectivity index (χ4v) is 1.27. The molecule has 0 unspecified atom stereocenters. The maximum Gasteiger partial charge on any atom is 0.397 e. The molecule has 1 aromatic rings. The summed E-state index contributed by atoms with van der Waals surface area (Å²) in [5.74, 6) is 0. The molecule has 0 aliphatic carbocycles. The Labute approximate surface area is 82.5 Å². The Morgan fingerprint density at radius 3 is 2.43 bits per heavy atom. The number of benzene rings is 1. The van der Waals surface area contributed by atoms with Gasteiger partial charge in [0.2, 0.25) is 0 Å². The van der Waals surface area contributed by atoms with Gasteiger partial charge in [0.05, 0.1) is 12.6 Å². The van der Waals surface area contributed by atoms with Gasteiger partial charge in [-0.15, -0.1) is 0 Å². The van der Waals surface area contributed by atoms with Gasteiger partial charge in [-0.05, 0) is 5.56 Å². The monoisotopic (exact) mass is 217 g/mol. The predicted molar refractivity (Wildman–Crippen MR) is 50.9 cm³/mol. The summed E-state index contributed by atoms with van der Waals surface area (Å²) in [7, 11) is -4.41. The third kappa shape index (κ3) is 3.84. The molecule has 1 atom stereocenters. The van der Waals surface area contributed by atoms with Crippen molar-refractivity contribution in [2.75, 3.05) is 6.61 Å². The predicted octanol–water partition coefficient (Wildman–Crippen LogP) is 0.506. The van der Waals surface area contributed by atoms with Crippen molar-refractivity contribution in [3.63, 3.8) is 0 Å². The number of nitrogens with two attached hydrogens (primary N) is 1. The van der Waals surface area contributed by atoms with Gasteiger partial charge >= 0.3 is 10.4 Å². The van der Waals surface area contributed by atoms with Crippen molar-refractivity contribution in [1.29, 1.82) is 0 Å². The lowest BCUT2D eigenvalue weighted by atomic mass is 10.1. The van der Waals surface area contributed by atoms with Crippen LogP contribution in [0.2, 0.25) is 0 Å². The summed E-state index contributed by atoms with van der Waals surface area (Å²) in [6, 6.07) is 8.30. The molecular formula is C8H11NO4S. The Balaban J connectivity index is 2.56. The van der Waals surface area contributed by atoms with Crippen molar-refractivity contribution < 1.29 is 17.2 Å². The second-order valence-corrected chi connectivity index (χ2v) is 3.82. The van der Waals surface area contributed by atoms with Gasteiger partial charge in [-0.25, -0.2) is 4.18 Å². The average Bonchev–Trinajstić information content (AvgIpc) is 2.14. The third-order valence-corrected chi connectivity index (χ3v) is 2.06. The van der Waals surface area contributed by atoms with Gasteiger partial charge in [0.25, 0.3) is 0 Å². The zero-order valence-electron chi connectivity index (χ0n) is 7.33. The first-order valence-corrected chi connectivity index (χ1v) is 5.28. The maximum atomic E-state index is 10.2. The summed E-state index contributed by atoms with van der Waals surface area (Å²) < 4.78 is 32.9. The van der Waals surface area contributed by atoms with Crippen molar-refractivity contribution >= 4 is 10.4 Å². The largest absolute Gasteiger partial charge is 0.397 e. The molecular weight excluding hydrogens is 206 g/mol. The van der Waals surface area contributed by atoms with Crippen LogP contribution in [-0.4, -0.2) is 19.6 Å². The summed E-state index contributed by atoms with van der Waals surface area (Å²) in [6.45, 7) is -0.275. The van der Waals surface area contributed by atoms with Gasteiger partial charge in [-0.1, -0.05) is 30.3 Å². The van der Waals surface area contributed by atoms with Crippen LogP contribution >= 0.6 is 0 Å². The molecule has 0 amide bonds. The van der Waals surface area contributed by atoms with Crippen LogP contribution in [-0.2, 0) is 14.6 Å². The van der Waals surface area contributed by atoms with Gasteiger partial charge in [0.15, 0.2) is 0 Å². The lowest BCUT2D eigenvalue weighted by Crippen LogP contribution is -2.19. The van der Waals surface area contributed by atoms with Gasteiger partial charge in [0.1, 0.15) is 0 Å². The van der Waals surface area contributed by atoms with Gasteiger partial charge in [0, 0.05) is 0 Å². The highest BCUT2D eigenvalue weighted by molar-refractivity contribution is 7.80. The van der Waals surface area contributed by atoms with E-state index in [1.165, 1.54) is 0 Å². The smallest absolute Gasteiger partial charge is 0.322 e. The van der Waals surface area contributed by atoms with E-state index in [4.69, 9.17) is 10.3 Å². The molecule has 78 valence electrons. The molecule has 0 radical (unpaired) electrons. The molecule has 5 nitrogen and oxygen atoms in total. The molecule has 0 bridgehead atoms. The molecule has 0 saturated heterocycles. The van der Waals surface area contributed by atoms with Crippen molar-refractivity contribution in [2.24, 2.45) is 5.73 Å². The highest BCUT2D eigenvalue weighted by Crippen LogP contribution is 2.10. The molecule has 0 aliphatic rings. The number of rotatable bonds is 4. The molecule has 0 aliphatic heterocycles. The van der Waals surface area contributed by atoms with E-state index in [9.17, 15) is 8.42 Å². The quantitative estimate of drug-likeness (QED) is 0.717. The standard InChI is InChI=1S/C8H11NO4S/c9-8(6-13-14(10,11)12)7-4-2-1-3-5-7/h1-5,8H,6,9H2,(H,10,11,12)/t8-/m0/s1. The van der Waals surface area contributed by atoms with Crippen LogP contribution < -0.4 is 5.73 Å². The second kappa shape index (κ2) is 4.52. The van der Waals surface area contributed by atoms with E-state index in [-0.39, 0.29) is 6.61 Å². The minimum Gasteiger partial charge on any atom is -0.322 e. The van der Waals surface area contributed by atoms with Gasteiger partial charge in [-0.2, -0.15) is 8.42 Å². The normalized spacial score (nSPS) is 13.9. The summed E-state index contributed by atoms with van der Waals surface area (Å²) in [5.41, 5.74) is 6.35. The molecule has 3 N–H and O–H groups in total. The van der Waals surface area contributed by atoms with E-state index < -0.39 is 16.4 Å². The van der Waals surface area contributed by atoms with E-state index >= 15 is 0 Å². The molecule has 1 rings (SSSR count). The zero-order valence-corrected chi connectivity index (χ0v) is 8.15. The topological polar surface area (TPSA) is 89.6 Å². The minimum atomic E-state index is -4.41. The van der Waals surface area contributed by atoms with Crippen LogP contribution in [0.25, 0.3) is 0 Å². The van der Waals surface area contributed by atoms with E-state index in [2.05, 4.69) is 4.18 Å². The highest BCUT2D eigenvalue weighted by atomic mass is 32.3. The van der Waals surface area contributed by atoms with Crippen LogP contribution in [0.15, 0.2) is 30.3 Å².